The van der Waals surface area contributed by atoms with Crippen molar-refractivity contribution in [1.82, 2.24) is 7.94 Å². The second kappa shape index (κ2) is 10.6. The summed E-state index contributed by atoms with van der Waals surface area (Å²) in [6.07, 6.45) is 0. The molecule has 10 aromatic rings. The zero-order valence-corrected chi connectivity index (χ0v) is 30.7. The molecule has 0 saturated heterocycles. The van der Waals surface area contributed by atoms with Gasteiger partial charge in [0.2, 0.25) is 0 Å². The summed E-state index contributed by atoms with van der Waals surface area (Å²) < 4.78 is 4.28. The van der Waals surface area contributed by atoms with Crippen LogP contribution in [0.4, 0.5) is 11.6 Å². The first kappa shape index (κ1) is 29.8. The van der Waals surface area contributed by atoms with Gasteiger partial charge in [0, 0.05) is 43.8 Å². The average molecular weight is 745 g/mol. The van der Waals surface area contributed by atoms with E-state index in [0.717, 1.165) is 109 Å². The van der Waals surface area contributed by atoms with Gasteiger partial charge in [0.1, 0.15) is 0 Å². The molecule has 8 aromatic carbocycles. The van der Waals surface area contributed by atoms with Crippen molar-refractivity contribution in [2.24, 2.45) is 30.0 Å². The fraction of sp³-hybridized carbons (Fsp3) is 0. The van der Waals surface area contributed by atoms with Crippen LogP contribution in [0.15, 0.2) is 176 Å². The second-order valence-corrected chi connectivity index (χ2v) is 15.8. The molecule has 0 amide bonds. The SMILES string of the molecule is c1ccc2cc3c(cc2c1)C1=NC/3=N\c2c3cc4ccccc4cc3c3n2Sn2/c(c4cc5ccccc5cc4/c2=N/C2=NC(=N\3)/c3cc4ccccc4cc32)=N\1. The normalized spacial score (nSPS) is 18.0. The van der Waals surface area contributed by atoms with Gasteiger partial charge in [0.15, 0.2) is 46.0 Å². The van der Waals surface area contributed by atoms with E-state index < -0.39 is 0 Å². The van der Waals surface area contributed by atoms with Crippen LogP contribution in [0.5, 0.6) is 0 Å². The summed E-state index contributed by atoms with van der Waals surface area (Å²) in [5, 5.41) is 12.8. The number of nitrogens with zero attached hydrogens (tertiary/aromatic N) is 8. The Morgan fingerprint density at radius 2 is 0.596 bits per heavy atom. The Bertz CT molecular complexity index is 3600. The second-order valence-electron chi connectivity index (χ2n) is 14.9. The monoisotopic (exact) mass is 744 g/mol. The fourth-order valence-electron chi connectivity index (χ4n) is 8.92. The Balaban J connectivity index is 1.22. The molecule has 0 atom stereocenters. The molecule has 0 N–H and O–H groups in total. The number of rotatable bonds is 0. The predicted molar refractivity (Wildman–Crippen MR) is 233 cm³/mol. The molecule has 0 spiro atoms. The molecule has 6 heterocycles. The van der Waals surface area contributed by atoms with Crippen LogP contribution in [0.1, 0.15) is 22.3 Å². The number of hydrogen-bond acceptors (Lipinski definition) is 7. The molecule has 0 fully saturated rings. The van der Waals surface area contributed by atoms with E-state index in [2.05, 4.69) is 154 Å². The maximum atomic E-state index is 5.50. The van der Waals surface area contributed by atoms with Crippen LogP contribution in [-0.2, 0) is 0 Å². The van der Waals surface area contributed by atoms with Crippen LogP contribution < -0.4 is 11.0 Å². The standard InChI is InChI=1S/C48H24N8S/c1-2-10-26-18-34-33(17-25(26)9-1)41-49-42(34)52-46-39-23-31-15-7-8-16-32(31)24-40(39)48-54-44-36-20-28-12-4-3-11-27(28)19-35(36)43(50-44)53-47-38-22-30-14-6-5-13-29(30)21-37(38)45(51-41)55(47)57-56(46)48/h1-24H/b51-41-,51-45?,52-42?,52-46-,53-43-,53-47?,54-44?,54-48-. The number of amidine groups is 4. The molecule has 262 valence electrons. The van der Waals surface area contributed by atoms with Gasteiger partial charge in [-0.1, -0.05) is 97.1 Å². The smallest absolute Gasteiger partial charge is 0.164 e. The Hall–Kier alpha value is -7.49. The van der Waals surface area contributed by atoms with Gasteiger partial charge >= 0.3 is 0 Å². The summed E-state index contributed by atoms with van der Waals surface area (Å²) >= 11 is 1.50. The molecule has 6 bridgehead atoms. The van der Waals surface area contributed by atoms with Crippen LogP contribution in [-0.4, -0.2) is 31.3 Å². The number of aromatic nitrogens is 2. The molecule has 14 rings (SSSR count). The lowest BCUT2D eigenvalue weighted by Gasteiger charge is -2.10. The van der Waals surface area contributed by atoms with Crippen LogP contribution in [0.3, 0.4) is 0 Å². The Kier molecular flexibility index (Phi) is 5.56. The summed E-state index contributed by atoms with van der Waals surface area (Å²) in [5.74, 6) is 3.95. The number of fused-ring (bicyclic) bond motifs is 18. The van der Waals surface area contributed by atoms with Crippen molar-refractivity contribution in [3.05, 3.63) is 179 Å². The molecule has 8 nitrogen and oxygen atoms in total. The minimum absolute atomic E-state index is 0.618. The topological polar surface area (TPSA) is 84.0 Å². The van der Waals surface area contributed by atoms with Gasteiger partial charge in [-0.25, -0.2) is 37.9 Å². The van der Waals surface area contributed by atoms with Gasteiger partial charge in [0.05, 0.1) is 12.1 Å². The lowest BCUT2D eigenvalue weighted by molar-refractivity contribution is 1.05. The van der Waals surface area contributed by atoms with Crippen LogP contribution in [0.2, 0.25) is 0 Å². The molecule has 0 unspecified atom stereocenters. The van der Waals surface area contributed by atoms with Crippen LogP contribution in [0.25, 0.3) is 64.6 Å². The number of aliphatic imine (C=N–C) groups is 4. The van der Waals surface area contributed by atoms with Crippen LogP contribution >= 0.6 is 12.1 Å². The van der Waals surface area contributed by atoms with Gasteiger partial charge in [-0.15, -0.1) is 0 Å². The van der Waals surface area contributed by atoms with Gasteiger partial charge < -0.3 is 0 Å². The largest absolute Gasteiger partial charge is 0.231 e. The fourth-order valence-corrected chi connectivity index (χ4v) is 9.95. The van der Waals surface area contributed by atoms with E-state index in [1.165, 1.54) is 12.1 Å². The van der Waals surface area contributed by atoms with Crippen molar-refractivity contribution in [2.45, 2.75) is 0 Å². The zero-order chi connectivity index (χ0) is 36.9. The summed E-state index contributed by atoms with van der Waals surface area (Å²) in [4.78, 5) is 32.5. The number of benzene rings is 8. The third-order valence-corrected chi connectivity index (χ3v) is 12.7. The summed E-state index contributed by atoms with van der Waals surface area (Å²) in [6.45, 7) is 0. The first-order valence-electron chi connectivity index (χ1n) is 18.9. The molecule has 0 saturated carbocycles. The summed E-state index contributed by atoms with van der Waals surface area (Å²) in [6, 6.07) is 51.5. The highest BCUT2D eigenvalue weighted by Gasteiger charge is 2.31. The lowest BCUT2D eigenvalue weighted by Crippen LogP contribution is -2.26. The predicted octanol–water partition coefficient (Wildman–Crippen LogP) is 10.1. The highest BCUT2D eigenvalue weighted by atomic mass is 32.2. The van der Waals surface area contributed by atoms with Gasteiger partial charge in [0.25, 0.3) is 0 Å². The molecule has 9 heteroatoms. The highest BCUT2D eigenvalue weighted by molar-refractivity contribution is 7.96. The van der Waals surface area contributed by atoms with E-state index in [-0.39, 0.29) is 0 Å². The molecule has 0 aliphatic carbocycles. The summed E-state index contributed by atoms with van der Waals surface area (Å²) in [5.41, 5.74) is 5.26. The van der Waals surface area contributed by atoms with E-state index in [1.807, 2.05) is 0 Å². The molecule has 57 heavy (non-hydrogen) atoms. The van der Waals surface area contributed by atoms with Gasteiger partial charge in [-0.05, 0) is 91.6 Å². The third kappa shape index (κ3) is 4.07. The quantitative estimate of drug-likeness (QED) is 0.152. The van der Waals surface area contributed by atoms with Crippen molar-refractivity contribution in [1.29, 1.82) is 0 Å². The Morgan fingerprint density at radius 1 is 0.298 bits per heavy atom. The van der Waals surface area contributed by atoms with Crippen molar-refractivity contribution in [3.63, 3.8) is 0 Å². The maximum absolute atomic E-state index is 5.50. The van der Waals surface area contributed by atoms with E-state index in [1.54, 1.807) is 0 Å². The lowest BCUT2D eigenvalue weighted by atomic mass is 10.0. The molecule has 0 radical (unpaired) electrons. The molecular formula is C48H24N8S. The van der Waals surface area contributed by atoms with Crippen molar-refractivity contribution in [3.8, 4) is 0 Å². The van der Waals surface area contributed by atoms with Crippen molar-refractivity contribution < 1.29 is 0 Å². The van der Waals surface area contributed by atoms with E-state index in [9.17, 15) is 0 Å². The van der Waals surface area contributed by atoms with E-state index in [0.29, 0.717) is 23.3 Å². The Morgan fingerprint density at radius 3 is 0.947 bits per heavy atom. The maximum Gasteiger partial charge on any atom is 0.164 e. The van der Waals surface area contributed by atoms with E-state index in [4.69, 9.17) is 30.0 Å². The number of hydrogen-bond donors (Lipinski definition) is 0. The highest BCUT2D eigenvalue weighted by Crippen LogP contribution is 2.45. The van der Waals surface area contributed by atoms with E-state index >= 15 is 0 Å². The third-order valence-electron chi connectivity index (χ3n) is 11.7. The zero-order valence-electron chi connectivity index (χ0n) is 29.8. The van der Waals surface area contributed by atoms with Gasteiger partial charge in [-0.2, -0.15) is 0 Å². The molecule has 4 aliphatic rings. The minimum Gasteiger partial charge on any atom is -0.231 e. The van der Waals surface area contributed by atoms with Gasteiger partial charge in [-0.3, -0.25) is 0 Å². The average Bonchev–Trinajstić information content (AvgIpc) is 3.93. The molecule has 2 aromatic heterocycles. The van der Waals surface area contributed by atoms with Crippen molar-refractivity contribution >= 4 is 112 Å². The minimum atomic E-state index is 0.618. The Labute approximate surface area is 327 Å². The first-order valence-corrected chi connectivity index (χ1v) is 19.6. The van der Waals surface area contributed by atoms with Crippen molar-refractivity contribution in [2.75, 3.05) is 0 Å². The summed E-state index contributed by atoms with van der Waals surface area (Å²) in [7, 11) is 0. The van der Waals surface area contributed by atoms with Crippen LogP contribution in [0, 0.1) is 0 Å². The first-order chi connectivity index (χ1) is 28.2. The molecule has 4 aliphatic heterocycles. The molecular weight excluding hydrogens is 721 g/mol.